The zero-order valence-electron chi connectivity index (χ0n) is 24.6. The van der Waals surface area contributed by atoms with Gasteiger partial charge in [-0.05, 0) is 44.9 Å². The van der Waals surface area contributed by atoms with E-state index in [1.807, 2.05) is 0 Å². The molecule has 0 radical (unpaired) electrons. The molecule has 0 fully saturated rings. The highest BCUT2D eigenvalue weighted by atomic mass is 19.1. The number of carbonyl (C=O) groups excluding carboxylic acids is 3. The maximum atomic E-state index is 14.8. The van der Waals surface area contributed by atoms with Crippen molar-refractivity contribution in [2.45, 2.75) is 45.4 Å². The third-order valence-corrected chi connectivity index (χ3v) is 6.11. The molecule has 3 amide bonds. The smallest absolute Gasteiger partial charge is 0.417 e. The number of carboxylic acid groups (broad SMARTS) is 1. The number of pyridine rings is 1. The van der Waals surface area contributed by atoms with Crippen molar-refractivity contribution in [3.05, 3.63) is 64.4 Å². The van der Waals surface area contributed by atoms with Crippen LogP contribution in [0, 0.1) is 11.6 Å². The van der Waals surface area contributed by atoms with Crippen LogP contribution in [0.4, 0.5) is 24.1 Å². The fourth-order valence-electron chi connectivity index (χ4n) is 4.06. The van der Waals surface area contributed by atoms with Crippen molar-refractivity contribution < 1.29 is 42.5 Å². The summed E-state index contributed by atoms with van der Waals surface area (Å²) in [5, 5.41) is 14.6. The van der Waals surface area contributed by atoms with Crippen LogP contribution in [0.25, 0.3) is 11.0 Å². The molecule has 3 rings (SSSR count). The molecule has 1 unspecified atom stereocenters. The second kappa shape index (κ2) is 14.3. The minimum absolute atomic E-state index is 0.0463. The molecule has 0 spiro atoms. The van der Waals surface area contributed by atoms with Gasteiger partial charge in [0.15, 0.2) is 17.4 Å². The Kier molecular flexibility index (Phi) is 10.8. The fraction of sp³-hybridized carbons (Fsp3) is 0.357. The Labute approximate surface area is 249 Å². The third kappa shape index (κ3) is 7.76. The maximum Gasteiger partial charge on any atom is 0.417 e. The van der Waals surface area contributed by atoms with Gasteiger partial charge < -0.3 is 34.7 Å². The van der Waals surface area contributed by atoms with E-state index in [0.29, 0.717) is 10.6 Å². The Morgan fingerprint density at radius 2 is 1.89 bits per heavy atom. The molecule has 0 saturated carbocycles. The van der Waals surface area contributed by atoms with E-state index in [9.17, 15) is 37.9 Å². The number of nitrogens with zero attached hydrogens (tertiary/aromatic N) is 4. The lowest BCUT2D eigenvalue weighted by molar-refractivity contribution is -0.123. The number of imidazole rings is 1. The minimum Gasteiger partial charge on any atom is -0.486 e. The van der Waals surface area contributed by atoms with Crippen molar-refractivity contribution in [1.29, 1.82) is 0 Å². The standard InChI is InChI=1S/C28H32F2N6O8/c1-15(2)44-24-17(30)13-16(29)23-22(24)33-20(36(23)28(41)42)14-35-12-8-10-19(26(35)39)31-25(38)18(32-27(40)43-5)9-6-7-11-21(37)34(3)4/h7-8,10-13,15,18H,6,9,14H2,1-5H3,(H,31,38)(H,32,40)(H,41,42)/b11-7+. The number of fused-ring (bicyclic) bond motifs is 1. The van der Waals surface area contributed by atoms with Crippen LogP contribution in [0.5, 0.6) is 5.75 Å². The number of benzene rings is 1. The van der Waals surface area contributed by atoms with Gasteiger partial charge in [-0.15, -0.1) is 0 Å². The van der Waals surface area contributed by atoms with Crippen LogP contribution in [0.15, 0.2) is 41.3 Å². The van der Waals surface area contributed by atoms with E-state index in [1.165, 1.54) is 35.4 Å². The van der Waals surface area contributed by atoms with E-state index in [2.05, 4.69) is 20.4 Å². The van der Waals surface area contributed by atoms with Crippen molar-refractivity contribution in [2.24, 2.45) is 0 Å². The molecule has 1 aromatic carbocycles. The monoisotopic (exact) mass is 618 g/mol. The van der Waals surface area contributed by atoms with Crippen molar-refractivity contribution in [2.75, 3.05) is 26.5 Å². The number of likely N-dealkylation sites (N-methyl/N-ethyl adjacent to an activating group) is 1. The molecule has 0 aliphatic carbocycles. The van der Waals surface area contributed by atoms with Crippen molar-refractivity contribution in [3.63, 3.8) is 0 Å². The van der Waals surface area contributed by atoms with Gasteiger partial charge in [-0.2, -0.15) is 0 Å². The van der Waals surface area contributed by atoms with Crippen LogP contribution in [0.3, 0.4) is 0 Å². The Balaban J connectivity index is 1.93. The highest BCUT2D eigenvalue weighted by Gasteiger charge is 2.27. The molecule has 16 heteroatoms. The third-order valence-electron chi connectivity index (χ3n) is 6.11. The molecule has 2 aromatic heterocycles. The molecule has 44 heavy (non-hydrogen) atoms. The lowest BCUT2D eigenvalue weighted by Crippen LogP contribution is -2.44. The molecule has 0 bridgehead atoms. The molecular weight excluding hydrogens is 586 g/mol. The summed E-state index contributed by atoms with van der Waals surface area (Å²) in [7, 11) is 4.25. The number of ether oxygens (including phenoxy) is 2. The largest absolute Gasteiger partial charge is 0.486 e. The van der Waals surface area contributed by atoms with Crippen LogP contribution in [0.1, 0.15) is 32.5 Å². The lowest BCUT2D eigenvalue weighted by Gasteiger charge is -2.17. The quantitative estimate of drug-likeness (QED) is 0.273. The number of allylic oxidation sites excluding steroid dienone is 1. The number of hydrogen-bond acceptors (Lipinski definition) is 8. The molecule has 14 nitrogen and oxygen atoms in total. The van der Waals surface area contributed by atoms with Gasteiger partial charge in [0.05, 0.1) is 19.8 Å². The molecule has 0 aliphatic rings. The van der Waals surface area contributed by atoms with E-state index in [1.54, 1.807) is 27.9 Å². The molecule has 1 atom stereocenters. The maximum absolute atomic E-state index is 14.8. The van der Waals surface area contributed by atoms with Crippen LogP contribution in [0.2, 0.25) is 0 Å². The zero-order chi connectivity index (χ0) is 32.7. The second-order valence-corrected chi connectivity index (χ2v) is 9.92. The number of alkyl carbamates (subject to hydrolysis) is 1. The van der Waals surface area contributed by atoms with E-state index in [4.69, 9.17) is 4.74 Å². The van der Waals surface area contributed by atoms with Gasteiger partial charge in [-0.25, -0.2) is 27.9 Å². The van der Waals surface area contributed by atoms with Crippen molar-refractivity contribution >= 4 is 40.7 Å². The Morgan fingerprint density at radius 1 is 1.18 bits per heavy atom. The first-order valence-electron chi connectivity index (χ1n) is 13.3. The number of amides is 3. The Hall–Kier alpha value is -5.28. The average molecular weight is 619 g/mol. The van der Waals surface area contributed by atoms with E-state index >= 15 is 0 Å². The first kappa shape index (κ1) is 33.2. The average Bonchev–Trinajstić information content (AvgIpc) is 3.34. The minimum atomic E-state index is -1.64. The topological polar surface area (TPSA) is 174 Å². The predicted molar refractivity (Wildman–Crippen MR) is 154 cm³/mol. The number of anilines is 1. The van der Waals surface area contributed by atoms with E-state index in [-0.39, 0.29) is 35.8 Å². The predicted octanol–water partition coefficient (Wildman–Crippen LogP) is 2.93. The van der Waals surface area contributed by atoms with E-state index < -0.39 is 65.2 Å². The summed E-state index contributed by atoms with van der Waals surface area (Å²) in [6, 6.07) is 1.99. The van der Waals surface area contributed by atoms with Gasteiger partial charge in [-0.1, -0.05) is 6.08 Å². The fourth-order valence-corrected chi connectivity index (χ4v) is 4.06. The van der Waals surface area contributed by atoms with E-state index in [0.717, 1.165) is 11.7 Å². The molecule has 2 heterocycles. The molecule has 3 aromatic rings. The van der Waals surface area contributed by atoms with Gasteiger partial charge in [0.25, 0.3) is 5.56 Å². The number of aromatic nitrogens is 3. The van der Waals surface area contributed by atoms with Crippen LogP contribution in [-0.4, -0.2) is 81.5 Å². The van der Waals surface area contributed by atoms with Crippen LogP contribution in [-0.2, 0) is 20.9 Å². The zero-order valence-corrected chi connectivity index (χ0v) is 24.6. The summed E-state index contributed by atoms with van der Waals surface area (Å²) < 4.78 is 40.9. The molecule has 0 saturated heterocycles. The summed E-state index contributed by atoms with van der Waals surface area (Å²) in [4.78, 5) is 67.5. The molecular formula is C28H32F2N6O8. The number of nitrogens with one attached hydrogen (secondary N) is 2. The summed E-state index contributed by atoms with van der Waals surface area (Å²) in [5.74, 6) is -4.11. The summed E-state index contributed by atoms with van der Waals surface area (Å²) >= 11 is 0. The Morgan fingerprint density at radius 3 is 2.50 bits per heavy atom. The normalized spacial score (nSPS) is 11.9. The summed E-state index contributed by atoms with van der Waals surface area (Å²) in [6.07, 6.45) is 1.29. The molecule has 236 valence electrons. The van der Waals surface area contributed by atoms with Gasteiger partial charge in [0.2, 0.25) is 11.8 Å². The van der Waals surface area contributed by atoms with Gasteiger partial charge in [0.1, 0.15) is 28.6 Å². The Bertz CT molecular complexity index is 1660. The number of methoxy groups -OCH3 is 1. The van der Waals surface area contributed by atoms with Gasteiger partial charge in [-0.3, -0.25) is 14.4 Å². The highest BCUT2D eigenvalue weighted by Crippen LogP contribution is 2.32. The summed E-state index contributed by atoms with van der Waals surface area (Å²) in [5.41, 5.74) is -1.96. The van der Waals surface area contributed by atoms with Crippen molar-refractivity contribution in [3.8, 4) is 5.75 Å². The summed E-state index contributed by atoms with van der Waals surface area (Å²) in [6.45, 7) is 2.68. The number of hydrogen-bond donors (Lipinski definition) is 3. The molecule has 3 N–H and O–H groups in total. The SMILES string of the molecule is COC(=O)NC(CC/C=C/C(=O)N(C)C)C(=O)Nc1cccn(Cc2nc3c(OC(C)C)c(F)cc(F)c3n2C(=O)O)c1=O. The first-order chi connectivity index (χ1) is 20.7. The van der Waals surface area contributed by atoms with Crippen LogP contribution < -0.4 is 20.9 Å². The van der Waals surface area contributed by atoms with Gasteiger partial charge in [0, 0.05) is 26.4 Å². The second-order valence-electron chi connectivity index (χ2n) is 9.92. The molecule has 0 aliphatic heterocycles. The highest BCUT2D eigenvalue weighted by molar-refractivity contribution is 5.96. The lowest BCUT2D eigenvalue weighted by atomic mass is 10.1. The van der Waals surface area contributed by atoms with Crippen molar-refractivity contribution in [1.82, 2.24) is 24.3 Å². The first-order valence-corrected chi connectivity index (χ1v) is 13.3. The van der Waals surface area contributed by atoms with Gasteiger partial charge >= 0.3 is 12.2 Å². The number of carbonyl (C=O) groups is 4. The van der Waals surface area contributed by atoms with Crippen LogP contribution >= 0.6 is 0 Å². The number of rotatable bonds is 11. The number of halogens is 2.